The van der Waals surface area contributed by atoms with Gasteiger partial charge in [-0.1, -0.05) is 152 Å². The van der Waals surface area contributed by atoms with Crippen molar-refractivity contribution in [2.24, 2.45) is 0 Å². The number of para-hydroxylation sites is 2. The van der Waals surface area contributed by atoms with Gasteiger partial charge in [0.25, 0.3) is 0 Å². The van der Waals surface area contributed by atoms with Crippen LogP contribution in [0.25, 0.3) is 117 Å². The first-order valence-electron chi connectivity index (χ1n) is 20.2. The molecule has 0 saturated heterocycles. The van der Waals surface area contributed by atoms with E-state index in [1.165, 1.54) is 21.5 Å². The van der Waals surface area contributed by atoms with Crippen LogP contribution in [0.15, 0.2) is 211 Å². The highest BCUT2D eigenvalue weighted by Crippen LogP contribution is 2.42. The summed E-state index contributed by atoms with van der Waals surface area (Å²) in [5, 5.41) is 6.99. The number of hydrogen-bond acceptors (Lipinski definition) is 4. The fourth-order valence-corrected chi connectivity index (χ4v) is 8.82. The van der Waals surface area contributed by atoms with Gasteiger partial charge in [-0.15, -0.1) is 0 Å². The van der Waals surface area contributed by atoms with Gasteiger partial charge in [0.05, 0.1) is 11.0 Å². The van der Waals surface area contributed by atoms with E-state index in [0.717, 1.165) is 77.6 Å². The van der Waals surface area contributed by atoms with Gasteiger partial charge in [-0.25, -0.2) is 15.0 Å². The zero-order valence-electron chi connectivity index (χ0n) is 32.3. The molecule has 0 unspecified atom stereocenters. The van der Waals surface area contributed by atoms with Gasteiger partial charge in [0.15, 0.2) is 17.5 Å². The Morgan fingerprint density at radius 2 is 0.933 bits per heavy atom. The van der Waals surface area contributed by atoms with Gasteiger partial charge in [-0.3, -0.25) is 0 Å². The molecule has 60 heavy (non-hydrogen) atoms. The standard InChI is InChI=1S/C55H34N4O/c1-3-15-35(16-4-1)41-21-9-10-22-42(41)47-34-40(59-49-25-13-11-23-43(49)48-31-37-19-7-8-20-38(37)32-50(48)59)28-30-46(47)55-57-53(36-17-5-2-6-18-36)56-54(58-55)39-27-29-45-44-24-12-14-26-51(44)60-52(45)33-39/h1-34H. The number of hydrogen-bond donors (Lipinski definition) is 0. The molecule has 3 heterocycles. The minimum atomic E-state index is 0.571. The third-order valence-corrected chi connectivity index (χ3v) is 11.6. The van der Waals surface area contributed by atoms with E-state index in [0.29, 0.717) is 17.5 Å². The Morgan fingerprint density at radius 3 is 1.75 bits per heavy atom. The summed E-state index contributed by atoms with van der Waals surface area (Å²) in [7, 11) is 0. The summed E-state index contributed by atoms with van der Waals surface area (Å²) >= 11 is 0. The maximum absolute atomic E-state index is 6.34. The van der Waals surface area contributed by atoms with E-state index in [-0.39, 0.29) is 0 Å². The number of benzene rings is 9. The summed E-state index contributed by atoms with van der Waals surface area (Å²) < 4.78 is 8.73. The molecule has 12 aromatic rings. The Bertz CT molecular complexity index is 3610. The van der Waals surface area contributed by atoms with Crippen LogP contribution in [0.2, 0.25) is 0 Å². The molecule has 0 bridgehead atoms. The van der Waals surface area contributed by atoms with Crippen LogP contribution in [0, 0.1) is 0 Å². The number of rotatable bonds is 6. The van der Waals surface area contributed by atoms with Gasteiger partial charge in [0, 0.05) is 43.9 Å². The van der Waals surface area contributed by atoms with Gasteiger partial charge in [-0.05, 0) is 87.6 Å². The van der Waals surface area contributed by atoms with Gasteiger partial charge >= 0.3 is 0 Å². The molecule has 0 aliphatic carbocycles. The summed E-state index contributed by atoms with van der Waals surface area (Å²) in [6, 6.07) is 72.3. The van der Waals surface area contributed by atoms with Crippen LogP contribution in [0.4, 0.5) is 0 Å². The molecule has 0 fully saturated rings. The molecule has 0 aliphatic heterocycles. The second kappa shape index (κ2) is 13.8. The molecule has 5 heteroatoms. The van der Waals surface area contributed by atoms with Gasteiger partial charge < -0.3 is 8.98 Å². The van der Waals surface area contributed by atoms with Crippen LogP contribution < -0.4 is 0 Å². The second-order valence-corrected chi connectivity index (χ2v) is 15.2. The van der Waals surface area contributed by atoms with Crippen LogP contribution in [0.3, 0.4) is 0 Å². The lowest BCUT2D eigenvalue weighted by atomic mass is 9.91. The summed E-state index contributed by atoms with van der Waals surface area (Å²) in [5.74, 6) is 1.75. The zero-order chi connectivity index (χ0) is 39.6. The largest absolute Gasteiger partial charge is 0.456 e. The SMILES string of the molecule is c1ccc(-c2nc(-c3ccc4c(c3)oc3ccccc34)nc(-c3ccc(-n4c5ccccc5c5cc6ccccc6cc54)cc3-c3ccccc3-c3ccccc3)n2)cc1. The predicted octanol–water partition coefficient (Wildman–Crippen LogP) is 14.4. The molecule has 0 atom stereocenters. The van der Waals surface area contributed by atoms with E-state index in [1.54, 1.807) is 0 Å². The van der Waals surface area contributed by atoms with Gasteiger partial charge in [-0.2, -0.15) is 0 Å². The topological polar surface area (TPSA) is 56.7 Å². The van der Waals surface area contributed by atoms with E-state index >= 15 is 0 Å². The van der Waals surface area contributed by atoms with Crippen LogP contribution in [-0.2, 0) is 0 Å². The molecule has 12 rings (SSSR count). The second-order valence-electron chi connectivity index (χ2n) is 15.2. The monoisotopic (exact) mass is 766 g/mol. The average Bonchev–Trinajstić information content (AvgIpc) is 3.86. The summed E-state index contributed by atoms with van der Waals surface area (Å²) in [4.78, 5) is 15.7. The van der Waals surface area contributed by atoms with E-state index in [2.05, 4.69) is 156 Å². The molecule has 9 aromatic carbocycles. The smallest absolute Gasteiger partial charge is 0.164 e. The van der Waals surface area contributed by atoms with Crippen LogP contribution in [-0.4, -0.2) is 19.5 Å². The summed E-state index contributed by atoms with van der Waals surface area (Å²) in [6.45, 7) is 0. The molecule has 0 aliphatic rings. The Morgan fingerprint density at radius 1 is 0.317 bits per heavy atom. The third kappa shape index (κ3) is 5.59. The Kier molecular flexibility index (Phi) is 7.78. The molecule has 280 valence electrons. The normalized spacial score (nSPS) is 11.7. The van der Waals surface area contributed by atoms with E-state index in [9.17, 15) is 0 Å². The quantitative estimate of drug-likeness (QED) is 0.169. The number of aromatic nitrogens is 4. The zero-order valence-corrected chi connectivity index (χ0v) is 32.3. The molecule has 3 aromatic heterocycles. The molecular formula is C55H34N4O. The van der Waals surface area contributed by atoms with Crippen molar-refractivity contribution in [3.63, 3.8) is 0 Å². The molecule has 5 nitrogen and oxygen atoms in total. The van der Waals surface area contributed by atoms with Crippen LogP contribution in [0.1, 0.15) is 0 Å². The van der Waals surface area contributed by atoms with E-state index < -0.39 is 0 Å². The van der Waals surface area contributed by atoms with E-state index in [1.807, 2.05) is 54.6 Å². The van der Waals surface area contributed by atoms with Crippen molar-refractivity contribution in [1.29, 1.82) is 0 Å². The lowest BCUT2D eigenvalue weighted by Crippen LogP contribution is -2.02. The van der Waals surface area contributed by atoms with Gasteiger partial charge in [0.1, 0.15) is 11.2 Å². The van der Waals surface area contributed by atoms with Crippen molar-refractivity contribution in [2.75, 3.05) is 0 Å². The fourth-order valence-electron chi connectivity index (χ4n) is 8.82. The van der Waals surface area contributed by atoms with Crippen molar-refractivity contribution in [1.82, 2.24) is 19.5 Å². The number of fused-ring (bicyclic) bond motifs is 7. The average molecular weight is 767 g/mol. The third-order valence-electron chi connectivity index (χ3n) is 11.6. The van der Waals surface area contributed by atoms with Crippen molar-refractivity contribution in [2.45, 2.75) is 0 Å². The highest BCUT2D eigenvalue weighted by molar-refractivity contribution is 6.14. The van der Waals surface area contributed by atoms with Crippen LogP contribution >= 0.6 is 0 Å². The predicted molar refractivity (Wildman–Crippen MR) is 246 cm³/mol. The fraction of sp³-hybridized carbons (Fsp3) is 0. The van der Waals surface area contributed by atoms with Crippen molar-refractivity contribution in [3.8, 4) is 62.1 Å². The summed E-state index contributed by atoms with van der Waals surface area (Å²) in [6.07, 6.45) is 0. The minimum Gasteiger partial charge on any atom is -0.456 e. The highest BCUT2D eigenvalue weighted by Gasteiger charge is 2.21. The lowest BCUT2D eigenvalue weighted by Gasteiger charge is -2.18. The van der Waals surface area contributed by atoms with Gasteiger partial charge in [0.2, 0.25) is 0 Å². The Labute approximate surface area is 345 Å². The van der Waals surface area contributed by atoms with Crippen molar-refractivity contribution in [3.05, 3.63) is 206 Å². The Hall–Kier alpha value is -8.15. The number of nitrogens with zero attached hydrogens (tertiary/aromatic N) is 4. The first-order valence-corrected chi connectivity index (χ1v) is 20.2. The maximum Gasteiger partial charge on any atom is 0.164 e. The van der Waals surface area contributed by atoms with Crippen molar-refractivity contribution < 1.29 is 4.42 Å². The molecule has 0 saturated carbocycles. The number of furan rings is 1. The highest BCUT2D eigenvalue weighted by atomic mass is 16.3. The first-order chi connectivity index (χ1) is 29.7. The molecule has 0 amide bonds. The van der Waals surface area contributed by atoms with E-state index in [4.69, 9.17) is 19.4 Å². The molecule has 0 spiro atoms. The molecule has 0 N–H and O–H groups in total. The molecule has 0 radical (unpaired) electrons. The first kappa shape index (κ1) is 33.9. The maximum atomic E-state index is 6.34. The van der Waals surface area contributed by atoms with Crippen molar-refractivity contribution >= 4 is 54.5 Å². The molecular weight excluding hydrogens is 733 g/mol. The minimum absolute atomic E-state index is 0.571. The Balaban J connectivity index is 1.13. The summed E-state index contributed by atoms with van der Waals surface area (Å²) in [5.41, 5.74) is 12.0. The van der Waals surface area contributed by atoms with Crippen LogP contribution in [0.5, 0.6) is 0 Å². The lowest BCUT2D eigenvalue weighted by molar-refractivity contribution is 0.669.